The van der Waals surface area contributed by atoms with Crippen LogP contribution in [0.5, 0.6) is 0 Å². The maximum atomic E-state index is 13.2. The van der Waals surface area contributed by atoms with Gasteiger partial charge in [0.1, 0.15) is 0 Å². The van der Waals surface area contributed by atoms with Crippen LogP contribution >= 0.6 is 0 Å². The van der Waals surface area contributed by atoms with Gasteiger partial charge in [-0.15, -0.1) is 0 Å². The van der Waals surface area contributed by atoms with Crippen LogP contribution in [-0.4, -0.2) is 29.9 Å². The molecule has 1 saturated heterocycles. The molecule has 26 heavy (non-hydrogen) atoms. The molecule has 0 radical (unpaired) electrons. The van der Waals surface area contributed by atoms with Crippen LogP contribution in [0.15, 0.2) is 48.2 Å². The molecule has 6 heteroatoms. The summed E-state index contributed by atoms with van der Waals surface area (Å²) in [7, 11) is 0. The van der Waals surface area contributed by atoms with Crippen molar-refractivity contribution in [2.75, 3.05) is 13.1 Å². The number of halogens is 3. The van der Waals surface area contributed by atoms with Crippen LogP contribution in [0.3, 0.4) is 0 Å². The van der Waals surface area contributed by atoms with Gasteiger partial charge in [-0.2, -0.15) is 13.2 Å². The number of alkyl halides is 3. The zero-order valence-electron chi connectivity index (χ0n) is 14.7. The Hall–Kier alpha value is -2.24. The van der Waals surface area contributed by atoms with Gasteiger partial charge in [-0.1, -0.05) is 31.2 Å². The van der Waals surface area contributed by atoms with Crippen LogP contribution < -0.4 is 5.32 Å². The number of carbonyl (C=O) groups is 1. The SMILES string of the molecule is CCC1C=CC(C(=O)N2CCC(c3ccccc3C(F)(F)F)CC2)=CN1. The molecule has 2 aliphatic heterocycles. The van der Waals surface area contributed by atoms with Crippen LogP contribution in [0.4, 0.5) is 13.2 Å². The second-order valence-electron chi connectivity index (χ2n) is 6.79. The lowest BCUT2D eigenvalue weighted by Crippen LogP contribution is -2.40. The first kappa shape index (κ1) is 18.5. The lowest BCUT2D eigenvalue weighted by Gasteiger charge is -2.34. The van der Waals surface area contributed by atoms with E-state index in [1.807, 2.05) is 12.2 Å². The molecule has 2 aliphatic rings. The van der Waals surface area contributed by atoms with Gasteiger partial charge in [0.05, 0.1) is 11.1 Å². The van der Waals surface area contributed by atoms with E-state index < -0.39 is 11.7 Å². The molecule has 3 rings (SSSR count). The summed E-state index contributed by atoms with van der Waals surface area (Å²) in [6, 6.07) is 6.02. The first-order chi connectivity index (χ1) is 12.4. The standard InChI is InChI=1S/C20H23F3N2O/c1-2-16-8-7-15(13-24-16)19(26)25-11-9-14(10-12-25)17-5-3-4-6-18(17)20(21,22)23/h3-8,13-14,16,24H,2,9-12H2,1H3. The number of dihydropyridines is 1. The van der Waals surface area contributed by atoms with Gasteiger partial charge < -0.3 is 10.2 Å². The van der Waals surface area contributed by atoms with Gasteiger partial charge in [0.25, 0.3) is 5.91 Å². The van der Waals surface area contributed by atoms with Crippen LogP contribution in [0.25, 0.3) is 0 Å². The van der Waals surface area contributed by atoms with E-state index in [-0.39, 0.29) is 17.9 Å². The fourth-order valence-electron chi connectivity index (χ4n) is 3.59. The zero-order valence-corrected chi connectivity index (χ0v) is 14.7. The van der Waals surface area contributed by atoms with Gasteiger partial charge in [0.15, 0.2) is 0 Å². The summed E-state index contributed by atoms with van der Waals surface area (Å²) in [6.45, 7) is 3.00. The Morgan fingerprint density at radius 1 is 1.23 bits per heavy atom. The van der Waals surface area contributed by atoms with E-state index in [4.69, 9.17) is 0 Å². The Labute approximate surface area is 151 Å². The summed E-state index contributed by atoms with van der Waals surface area (Å²) >= 11 is 0. The van der Waals surface area contributed by atoms with Crippen LogP contribution in [0.2, 0.25) is 0 Å². The largest absolute Gasteiger partial charge is 0.416 e. The first-order valence-corrected chi connectivity index (χ1v) is 9.00. The molecule has 1 aromatic carbocycles. The number of hydrogen-bond acceptors (Lipinski definition) is 2. The molecule has 1 atom stereocenters. The lowest BCUT2D eigenvalue weighted by molar-refractivity contribution is -0.138. The molecule has 1 unspecified atom stereocenters. The van der Waals surface area contributed by atoms with Crippen molar-refractivity contribution in [2.45, 2.75) is 44.3 Å². The van der Waals surface area contributed by atoms with Crippen molar-refractivity contribution >= 4 is 5.91 Å². The lowest BCUT2D eigenvalue weighted by atomic mass is 9.86. The monoisotopic (exact) mass is 364 g/mol. The van der Waals surface area contributed by atoms with Gasteiger partial charge in [0, 0.05) is 25.3 Å². The topological polar surface area (TPSA) is 32.3 Å². The van der Waals surface area contributed by atoms with Crippen molar-refractivity contribution in [3.63, 3.8) is 0 Å². The third kappa shape index (κ3) is 3.94. The van der Waals surface area contributed by atoms with Gasteiger partial charge in [-0.05, 0) is 42.9 Å². The van der Waals surface area contributed by atoms with E-state index in [9.17, 15) is 18.0 Å². The van der Waals surface area contributed by atoms with E-state index >= 15 is 0 Å². The van der Waals surface area contributed by atoms with E-state index in [1.165, 1.54) is 6.07 Å². The summed E-state index contributed by atoms with van der Waals surface area (Å²) in [4.78, 5) is 14.3. The molecule has 1 aromatic rings. The molecule has 1 amide bonds. The molecule has 0 spiro atoms. The Morgan fingerprint density at radius 3 is 2.50 bits per heavy atom. The van der Waals surface area contributed by atoms with E-state index in [0.717, 1.165) is 12.5 Å². The highest BCUT2D eigenvalue weighted by molar-refractivity contribution is 5.96. The third-order valence-electron chi connectivity index (χ3n) is 5.14. The van der Waals surface area contributed by atoms with Crippen molar-refractivity contribution in [1.82, 2.24) is 10.2 Å². The van der Waals surface area contributed by atoms with Crippen molar-refractivity contribution < 1.29 is 18.0 Å². The summed E-state index contributed by atoms with van der Waals surface area (Å²) in [5.74, 6) is -0.235. The Bertz CT molecular complexity index is 716. The molecule has 0 aliphatic carbocycles. The Balaban J connectivity index is 1.65. The first-order valence-electron chi connectivity index (χ1n) is 9.00. The number of amides is 1. The number of hydrogen-bond donors (Lipinski definition) is 1. The quantitative estimate of drug-likeness (QED) is 0.870. The highest BCUT2D eigenvalue weighted by Crippen LogP contribution is 2.38. The highest BCUT2D eigenvalue weighted by Gasteiger charge is 2.36. The maximum absolute atomic E-state index is 13.2. The smallest absolute Gasteiger partial charge is 0.384 e. The number of nitrogens with one attached hydrogen (secondary N) is 1. The molecule has 0 aromatic heterocycles. The molecule has 1 fully saturated rings. The van der Waals surface area contributed by atoms with Crippen molar-refractivity contribution in [3.8, 4) is 0 Å². The average molecular weight is 364 g/mol. The second kappa shape index (κ2) is 7.56. The van der Waals surface area contributed by atoms with E-state index in [2.05, 4.69) is 12.2 Å². The van der Waals surface area contributed by atoms with Gasteiger partial charge in [-0.25, -0.2) is 0 Å². The number of carbonyl (C=O) groups excluding carboxylic acids is 1. The normalized spacial score (nSPS) is 21.3. The second-order valence-corrected chi connectivity index (χ2v) is 6.79. The molecule has 0 bridgehead atoms. The molecule has 3 nitrogen and oxygen atoms in total. The van der Waals surface area contributed by atoms with Gasteiger partial charge >= 0.3 is 6.18 Å². The highest BCUT2D eigenvalue weighted by atomic mass is 19.4. The molecule has 0 saturated carbocycles. The number of nitrogens with zero attached hydrogens (tertiary/aromatic N) is 1. The average Bonchev–Trinajstić information content (AvgIpc) is 2.67. The van der Waals surface area contributed by atoms with Crippen LogP contribution in [0.1, 0.15) is 43.2 Å². The summed E-state index contributed by atoms with van der Waals surface area (Å²) < 4.78 is 39.7. The Kier molecular flexibility index (Phi) is 5.39. The third-order valence-corrected chi connectivity index (χ3v) is 5.14. The van der Waals surface area contributed by atoms with Crippen molar-refractivity contribution in [1.29, 1.82) is 0 Å². The van der Waals surface area contributed by atoms with Crippen LogP contribution in [-0.2, 0) is 11.0 Å². The van der Waals surface area contributed by atoms with Gasteiger partial charge in [0.2, 0.25) is 0 Å². The predicted octanol–water partition coefficient (Wildman–Crippen LogP) is 4.23. The molecule has 1 N–H and O–H groups in total. The minimum Gasteiger partial charge on any atom is -0.384 e. The summed E-state index contributed by atoms with van der Waals surface area (Å²) in [6.07, 6.45) is 3.22. The molecular weight excluding hydrogens is 341 g/mol. The summed E-state index contributed by atoms with van der Waals surface area (Å²) in [5, 5.41) is 3.18. The van der Waals surface area contributed by atoms with Gasteiger partial charge in [-0.3, -0.25) is 4.79 Å². The zero-order chi connectivity index (χ0) is 18.7. The number of benzene rings is 1. The fourth-order valence-corrected chi connectivity index (χ4v) is 3.59. The van der Waals surface area contributed by atoms with Crippen molar-refractivity contribution in [2.24, 2.45) is 0 Å². The minimum atomic E-state index is -4.34. The van der Waals surface area contributed by atoms with E-state index in [1.54, 1.807) is 23.2 Å². The fraction of sp³-hybridized carbons (Fsp3) is 0.450. The molecule has 140 valence electrons. The van der Waals surface area contributed by atoms with E-state index in [0.29, 0.717) is 37.1 Å². The summed E-state index contributed by atoms with van der Waals surface area (Å²) in [5.41, 5.74) is 0.387. The van der Waals surface area contributed by atoms with Crippen LogP contribution in [0, 0.1) is 0 Å². The number of rotatable bonds is 3. The van der Waals surface area contributed by atoms with Crippen molar-refractivity contribution in [3.05, 3.63) is 59.3 Å². The minimum absolute atomic E-state index is 0.0640. The molecular formula is C20H23F3N2O. The Morgan fingerprint density at radius 2 is 1.92 bits per heavy atom. The molecule has 2 heterocycles. The predicted molar refractivity (Wildman–Crippen MR) is 94.4 cm³/mol. The number of likely N-dealkylation sites (tertiary alicyclic amines) is 1. The maximum Gasteiger partial charge on any atom is 0.416 e. The number of piperidine rings is 1.